The van der Waals surface area contributed by atoms with E-state index < -0.39 is 11.6 Å². The minimum atomic E-state index is -0.589. The Kier molecular flexibility index (Phi) is 13.0. The minimum Gasteiger partial charge on any atom is -0.508 e. The third-order valence-corrected chi connectivity index (χ3v) is 9.39. The Labute approximate surface area is 357 Å². The average Bonchev–Trinajstić information content (AvgIpc) is 3.25. The van der Waals surface area contributed by atoms with Crippen molar-refractivity contribution < 1.29 is 37.6 Å². The fourth-order valence-electron chi connectivity index (χ4n) is 5.96. The Morgan fingerprint density at radius 1 is 0.656 bits per heavy atom. The average molecular weight is 867 g/mol. The molecule has 310 valence electrons. The molecule has 0 radical (unpaired) electrons. The number of phenols is 1. The van der Waals surface area contributed by atoms with E-state index in [0.29, 0.717) is 67.9 Å². The maximum atomic E-state index is 14.4. The van der Waals surface area contributed by atoms with Crippen molar-refractivity contribution in [1.29, 1.82) is 0 Å². The van der Waals surface area contributed by atoms with E-state index in [1.54, 1.807) is 49.6 Å². The lowest BCUT2D eigenvalue weighted by atomic mass is 10.1. The van der Waals surface area contributed by atoms with E-state index in [-0.39, 0.29) is 34.7 Å². The van der Waals surface area contributed by atoms with E-state index in [0.717, 1.165) is 16.8 Å². The first kappa shape index (κ1) is 42.0. The summed E-state index contributed by atoms with van der Waals surface area (Å²) in [6.45, 7) is 4.08. The van der Waals surface area contributed by atoms with Gasteiger partial charge in [-0.05, 0) is 91.2 Å². The number of ether oxygens (including phenoxy) is 5. The number of aromatic hydroxyl groups is 1. The number of halogens is 4. The first-order chi connectivity index (χ1) is 29.5. The molecule has 8 rings (SSSR count). The highest BCUT2D eigenvalue weighted by Gasteiger charge is 2.17. The molecule has 4 aromatic heterocycles. The standard InChI is InChI=1S/C23H20ClFN4O3.C21H15ClFN3O3/c1-12-4-16(25)18(8-19(12)30)29-23-15-7-20(31-3)21(9-17(15)26-11-27-23)32-10-14-5-13(2)28-22(24)6-14;1-27-19-9-15-17(10-20(19)28-11-13-4-6-24-7-5-13)25-12-26-21(15)29-18-3-2-14(22)8-16(18)23/h4-9,11,30H,10H2,1-3H3,(H,26,27,29);2-10,12H,11H2,1H3. The molecule has 8 aromatic rings. The molecule has 4 heterocycles. The summed E-state index contributed by atoms with van der Waals surface area (Å²) < 4.78 is 56.9. The Balaban J connectivity index is 0.000000185. The lowest BCUT2D eigenvalue weighted by Crippen LogP contribution is -2.02. The van der Waals surface area contributed by atoms with Gasteiger partial charge in [-0.3, -0.25) is 4.98 Å². The van der Waals surface area contributed by atoms with Crippen molar-refractivity contribution >= 4 is 56.5 Å². The van der Waals surface area contributed by atoms with Crippen molar-refractivity contribution in [3.8, 4) is 40.4 Å². The molecule has 0 amide bonds. The van der Waals surface area contributed by atoms with Crippen LogP contribution >= 0.6 is 23.2 Å². The van der Waals surface area contributed by atoms with Gasteiger partial charge in [0, 0.05) is 46.7 Å². The van der Waals surface area contributed by atoms with E-state index in [1.165, 1.54) is 57.2 Å². The molecule has 0 fully saturated rings. The molecular weight excluding hydrogens is 831 g/mol. The number of nitrogens with one attached hydrogen (secondary N) is 1. The van der Waals surface area contributed by atoms with Crippen LogP contribution in [-0.2, 0) is 13.2 Å². The quantitative estimate of drug-likeness (QED) is 0.112. The largest absolute Gasteiger partial charge is 0.508 e. The zero-order valence-corrected chi connectivity index (χ0v) is 34.4. The van der Waals surface area contributed by atoms with Gasteiger partial charge >= 0.3 is 0 Å². The second-order valence-corrected chi connectivity index (χ2v) is 14.1. The van der Waals surface area contributed by atoms with E-state index >= 15 is 0 Å². The van der Waals surface area contributed by atoms with E-state index in [2.05, 4.69) is 35.2 Å². The van der Waals surface area contributed by atoms with Crippen molar-refractivity contribution in [3.05, 3.63) is 148 Å². The predicted octanol–water partition coefficient (Wildman–Crippen LogP) is 10.7. The van der Waals surface area contributed by atoms with Crippen LogP contribution in [0.15, 0.2) is 104 Å². The Hall–Kier alpha value is -7.10. The zero-order chi connectivity index (χ0) is 43.0. The highest BCUT2D eigenvalue weighted by Crippen LogP contribution is 2.38. The number of hydrogen-bond acceptors (Lipinski definition) is 13. The van der Waals surface area contributed by atoms with Crippen LogP contribution in [0.5, 0.6) is 40.4 Å². The summed E-state index contributed by atoms with van der Waals surface area (Å²) in [7, 11) is 3.06. The maximum Gasteiger partial charge on any atom is 0.230 e. The second-order valence-electron chi connectivity index (χ2n) is 13.2. The molecule has 0 saturated heterocycles. The summed E-state index contributed by atoms with van der Waals surface area (Å²) in [6.07, 6.45) is 6.09. The topological polar surface area (TPSA) is 156 Å². The minimum absolute atomic E-state index is 0.00591. The van der Waals surface area contributed by atoms with Gasteiger partial charge in [0.15, 0.2) is 34.6 Å². The molecule has 0 unspecified atom stereocenters. The summed E-state index contributed by atoms with van der Waals surface area (Å²) in [5, 5.41) is 14.7. The molecule has 4 aromatic carbocycles. The van der Waals surface area contributed by atoms with E-state index in [4.69, 9.17) is 46.9 Å². The third kappa shape index (κ3) is 10.2. The first-order valence-electron chi connectivity index (χ1n) is 18.3. The normalized spacial score (nSPS) is 10.8. The van der Waals surface area contributed by atoms with Gasteiger partial charge in [-0.1, -0.05) is 23.2 Å². The van der Waals surface area contributed by atoms with Crippen LogP contribution in [0, 0.1) is 25.5 Å². The number of aromatic nitrogens is 6. The smallest absolute Gasteiger partial charge is 0.230 e. The summed E-state index contributed by atoms with van der Waals surface area (Å²) in [5.74, 6) is 1.36. The van der Waals surface area contributed by atoms with Crippen LogP contribution in [0.3, 0.4) is 0 Å². The highest BCUT2D eigenvalue weighted by atomic mass is 35.5. The van der Waals surface area contributed by atoms with Crippen LogP contribution in [0.4, 0.5) is 20.3 Å². The number of pyridine rings is 2. The van der Waals surface area contributed by atoms with Crippen molar-refractivity contribution in [2.45, 2.75) is 27.1 Å². The molecule has 0 atom stereocenters. The monoisotopic (exact) mass is 865 g/mol. The predicted molar refractivity (Wildman–Crippen MR) is 227 cm³/mol. The highest BCUT2D eigenvalue weighted by molar-refractivity contribution is 6.30. The molecule has 13 nitrogen and oxygen atoms in total. The van der Waals surface area contributed by atoms with Crippen LogP contribution in [0.2, 0.25) is 10.2 Å². The van der Waals surface area contributed by atoms with Crippen LogP contribution in [-0.4, -0.2) is 49.2 Å². The van der Waals surface area contributed by atoms with Gasteiger partial charge in [-0.15, -0.1) is 0 Å². The van der Waals surface area contributed by atoms with Crippen molar-refractivity contribution in [2.75, 3.05) is 19.5 Å². The van der Waals surface area contributed by atoms with Crippen molar-refractivity contribution in [2.24, 2.45) is 0 Å². The second kappa shape index (κ2) is 18.9. The summed E-state index contributed by atoms with van der Waals surface area (Å²) in [5.41, 5.74) is 4.29. The third-order valence-electron chi connectivity index (χ3n) is 8.96. The van der Waals surface area contributed by atoms with Gasteiger partial charge in [0.1, 0.15) is 48.4 Å². The van der Waals surface area contributed by atoms with E-state index in [9.17, 15) is 13.9 Å². The van der Waals surface area contributed by atoms with Crippen molar-refractivity contribution in [1.82, 2.24) is 29.9 Å². The van der Waals surface area contributed by atoms with Crippen LogP contribution in [0.25, 0.3) is 21.8 Å². The molecule has 17 heteroatoms. The maximum absolute atomic E-state index is 14.4. The number of benzene rings is 4. The number of fused-ring (bicyclic) bond motifs is 2. The fourth-order valence-corrected chi connectivity index (χ4v) is 6.39. The zero-order valence-electron chi connectivity index (χ0n) is 32.9. The molecule has 0 bridgehead atoms. The Morgan fingerprint density at radius 2 is 1.31 bits per heavy atom. The number of aryl methyl sites for hydroxylation is 2. The lowest BCUT2D eigenvalue weighted by molar-refractivity contribution is 0.285. The summed E-state index contributed by atoms with van der Waals surface area (Å²) >= 11 is 11.8. The number of phenolic OH excluding ortho intramolecular Hbond substituents is 1. The number of rotatable bonds is 12. The first-order valence-corrected chi connectivity index (χ1v) is 19.1. The molecular formula is C44H35Cl2F2N7O6. The fraction of sp³-hybridized carbons (Fsp3) is 0.136. The molecule has 0 aliphatic rings. The lowest BCUT2D eigenvalue weighted by Gasteiger charge is -2.14. The van der Waals surface area contributed by atoms with Gasteiger partial charge in [-0.25, -0.2) is 33.7 Å². The van der Waals surface area contributed by atoms with Gasteiger partial charge in [0.05, 0.1) is 36.3 Å². The van der Waals surface area contributed by atoms with Gasteiger partial charge in [0.2, 0.25) is 5.88 Å². The summed E-state index contributed by atoms with van der Waals surface area (Å²) in [4.78, 5) is 25.0. The number of nitrogens with zero attached hydrogens (tertiary/aromatic N) is 6. The van der Waals surface area contributed by atoms with Gasteiger partial charge in [0.25, 0.3) is 0 Å². The van der Waals surface area contributed by atoms with E-state index in [1.807, 2.05) is 25.1 Å². The Morgan fingerprint density at radius 3 is 1.98 bits per heavy atom. The van der Waals surface area contributed by atoms with Crippen molar-refractivity contribution in [3.63, 3.8) is 0 Å². The number of hydrogen-bond donors (Lipinski definition) is 2. The van der Waals surface area contributed by atoms with Gasteiger partial charge in [-0.2, -0.15) is 0 Å². The van der Waals surface area contributed by atoms with Gasteiger partial charge < -0.3 is 34.1 Å². The molecule has 0 aliphatic carbocycles. The molecule has 61 heavy (non-hydrogen) atoms. The van der Waals surface area contributed by atoms with Crippen LogP contribution < -0.4 is 29.0 Å². The Bertz CT molecular complexity index is 2840. The number of anilines is 2. The number of methoxy groups -OCH3 is 2. The SMILES string of the molecule is COc1cc2c(Nc3cc(O)c(C)cc3F)ncnc2cc1OCc1cc(C)nc(Cl)c1.COc1cc2c(Oc3ccc(Cl)cc3F)ncnc2cc1OCc1ccncc1. The van der Waals surface area contributed by atoms with Crippen LogP contribution in [0.1, 0.15) is 22.4 Å². The molecule has 0 aliphatic heterocycles. The molecule has 2 N–H and O–H groups in total. The summed E-state index contributed by atoms with van der Waals surface area (Å²) in [6, 6.07) is 20.9. The molecule has 0 spiro atoms. The molecule has 0 saturated carbocycles.